The van der Waals surface area contributed by atoms with Crippen molar-refractivity contribution in [2.75, 3.05) is 23.7 Å². The first-order valence-corrected chi connectivity index (χ1v) is 6.64. The fourth-order valence-electron chi connectivity index (χ4n) is 2.35. The molecule has 1 aromatic carbocycles. The van der Waals surface area contributed by atoms with Crippen molar-refractivity contribution in [2.45, 2.75) is 13.8 Å². The summed E-state index contributed by atoms with van der Waals surface area (Å²) in [6.45, 7) is 5.16. The molecular formula is C15H20N4O. The number of benzene rings is 1. The highest BCUT2D eigenvalue weighted by Crippen LogP contribution is 2.30. The lowest BCUT2D eigenvalue weighted by molar-refractivity contribution is -0.116. The van der Waals surface area contributed by atoms with E-state index in [1.54, 1.807) is 12.4 Å². The third kappa shape index (κ3) is 2.99. The Morgan fingerprint density at radius 3 is 2.70 bits per heavy atom. The van der Waals surface area contributed by atoms with Crippen molar-refractivity contribution in [3.63, 3.8) is 0 Å². The lowest BCUT2D eigenvalue weighted by atomic mass is 10.1. The number of fused-ring (bicyclic) bond motifs is 1. The van der Waals surface area contributed by atoms with E-state index in [0.717, 1.165) is 23.0 Å². The molecule has 0 atom stereocenters. The quantitative estimate of drug-likeness (QED) is 0.812. The third-order valence-electron chi connectivity index (χ3n) is 3.10. The number of aromatic nitrogens is 1. The molecule has 4 N–H and O–H groups in total. The summed E-state index contributed by atoms with van der Waals surface area (Å²) in [7, 11) is 0. The highest BCUT2D eigenvalue weighted by molar-refractivity contribution is 6.01. The highest BCUT2D eigenvalue weighted by Gasteiger charge is 2.15. The summed E-state index contributed by atoms with van der Waals surface area (Å²) in [5.74, 6) is 0.0773. The molecule has 0 aliphatic rings. The van der Waals surface area contributed by atoms with Crippen molar-refractivity contribution in [3.05, 3.63) is 30.6 Å². The first kappa shape index (κ1) is 14.1. The molecule has 0 radical (unpaired) electrons. The largest absolute Gasteiger partial charge is 0.398 e. The number of rotatable bonds is 5. The number of nitrogens with zero attached hydrogens (tertiary/aromatic N) is 2. The maximum Gasteiger partial charge on any atom is 0.236 e. The Labute approximate surface area is 118 Å². The van der Waals surface area contributed by atoms with E-state index in [1.807, 2.05) is 23.1 Å². The maximum atomic E-state index is 11.3. The smallest absolute Gasteiger partial charge is 0.236 e. The Hall–Kier alpha value is -2.30. The van der Waals surface area contributed by atoms with Crippen molar-refractivity contribution in [2.24, 2.45) is 11.7 Å². The van der Waals surface area contributed by atoms with E-state index in [9.17, 15) is 4.79 Å². The standard InChI is InChI=1S/C15H20N4O/c1-10(2)8-19(9-15(17)20)14-4-3-13(16)12-7-18-6-5-11(12)14/h3-7,10H,8-9,16H2,1-2H3,(H2,17,20). The van der Waals surface area contributed by atoms with Crippen molar-refractivity contribution in [1.29, 1.82) is 0 Å². The van der Waals surface area contributed by atoms with E-state index in [1.165, 1.54) is 0 Å². The highest BCUT2D eigenvalue weighted by atomic mass is 16.1. The molecule has 0 unspecified atom stereocenters. The third-order valence-corrected chi connectivity index (χ3v) is 3.10. The average Bonchev–Trinajstić information content (AvgIpc) is 2.37. The number of amides is 1. The van der Waals surface area contributed by atoms with Gasteiger partial charge in [0, 0.05) is 41.1 Å². The van der Waals surface area contributed by atoms with Crippen LogP contribution in [0.4, 0.5) is 11.4 Å². The van der Waals surface area contributed by atoms with Gasteiger partial charge in [-0.2, -0.15) is 0 Å². The Balaban J connectivity index is 2.52. The number of anilines is 2. The Kier molecular flexibility index (Phi) is 4.08. The first-order valence-electron chi connectivity index (χ1n) is 6.64. The number of carbonyl (C=O) groups is 1. The lowest BCUT2D eigenvalue weighted by Gasteiger charge is -2.27. The van der Waals surface area contributed by atoms with Crippen LogP contribution in [0.15, 0.2) is 30.6 Å². The molecule has 0 bridgehead atoms. The van der Waals surface area contributed by atoms with E-state index in [-0.39, 0.29) is 12.5 Å². The summed E-state index contributed by atoms with van der Waals surface area (Å²) in [5.41, 5.74) is 13.0. The van der Waals surface area contributed by atoms with Crippen LogP contribution in [0.5, 0.6) is 0 Å². The van der Waals surface area contributed by atoms with E-state index in [4.69, 9.17) is 11.5 Å². The second-order valence-corrected chi connectivity index (χ2v) is 5.34. The monoisotopic (exact) mass is 272 g/mol. The molecule has 20 heavy (non-hydrogen) atoms. The molecule has 5 heteroatoms. The second kappa shape index (κ2) is 5.77. The van der Waals surface area contributed by atoms with Gasteiger partial charge in [-0.25, -0.2) is 0 Å². The van der Waals surface area contributed by atoms with Crippen molar-refractivity contribution in [3.8, 4) is 0 Å². The Morgan fingerprint density at radius 2 is 2.05 bits per heavy atom. The summed E-state index contributed by atoms with van der Waals surface area (Å²) >= 11 is 0. The van der Waals surface area contributed by atoms with Crippen LogP contribution in [0.3, 0.4) is 0 Å². The molecule has 0 saturated heterocycles. The maximum absolute atomic E-state index is 11.3. The van der Waals surface area contributed by atoms with Gasteiger partial charge >= 0.3 is 0 Å². The average molecular weight is 272 g/mol. The molecule has 1 heterocycles. The molecule has 0 aliphatic heterocycles. The van der Waals surface area contributed by atoms with Crippen LogP contribution in [0.25, 0.3) is 10.8 Å². The summed E-state index contributed by atoms with van der Waals surface area (Å²) in [6, 6.07) is 5.69. The van der Waals surface area contributed by atoms with Crippen LogP contribution in [-0.2, 0) is 4.79 Å². The zero-order valence-electron chi connectivity index (χ0n) is 11.8. The summed E-state index contributed by atoms with van der Waals surface area (Å²) in [6.07, 6.45) is 3.47. The zero-order valence-corrected chi connectivity index (χ0v) is 11.8. The van der Waals surface area contributed by atoms with E-state index in [2.05, 4.69) is 18.8 Å². The van der Waals surface area contributed by atoms with Crippen LogP contribution < -0.4 is 16.4 Å². The first-order chi connectivity index (χ1) is 9.49. The minimum Gasteiger partial charge on any atom is -0.398 e. The van der Waals surface area contributed by atoms with Gasteiger partial charge in [0.05, 0.1) is 6.54 Å². The number of pyridine rings is 1. The van der Waals surface area contributed by atoms with Crippen LogP contribution in [-0.4, -0.2) is 24.0 Å². The number of nitrogens with two attached hydrogens (primary N) is 2. The van der Waals surface area contributed by atoms with Gasteiger partial charge < -0.3 is 16.4 Å². The molecule has 5 nitrogen and oxygen atoms in total. The van der Waals surface area contributed by atoms with E-state index >= 15 is 0 Å². The topological polar surface area (TPSA) is 85.2 Å². The minimum atomic E-state index is -0.343. The molecule has 2 rings (SSSR count). The van der Waals surface area contributed by atoms with Gasteiger partial charge in [0.15, 0.2) is 0 Å². The van der Waals surface area contributed by atoms with E-state index in [0.29, 0.717) is 11.6 Å². The number of nitrogen functional groups attached to an aromatic ring is 1. The minimum absolute atomic E-state index is 0.194. The van der Waals surface area contributed by atoms with Crippen molar-refractivity contribution >= 4 is 28.1 Å². The van der Waals surface area contributed by atoms with Crippen molar-refractivity contribution < 1.29 is 4.79 Å². The molecule has 0 saturated carbocycles. The van der Waals surface area contributed by atoms with Crippen molar-refractivity contribution in [1.82, 2.24) is 4.98 Å². The SMILES string of the molecule is CC(C)CN(CC(N)=O)c1ccc(N)c2cnccc12. The molecule has 0 fully saturated rings. The summed E-state index contributed by atoms with van der Waals surface area (Å²) < 4.78 is 0. The van der Waals surface area contributed by atoms with Gasteiger partial charge in [-0.1, -0.05) is 13.8 Å². The number of hydrogen-bond donors (Lipinski definition) is 2. The van der Waals surface area contributed by atoms with Gasteiger partial charge in [0.1, 0.15) is 0 Å². The summed E-state index contributed by atoms with van der Waals surface area (Å²) in [5, 5.41) is 1.88. The van der Waals surface area contributed by atoms with Crippen LogP contribution in [0.2, 0.25) is 0 Å². The number of hydrogen-bond acceptors (Lipinski definition) is 4. The molecular weight excluding hydrogens is 252 g/mol. The Bertz CT molecular complexity index is 624. The van der Waals surface area contributed by atoms with Gasteiger partial charge in [0.2, 0.25) is 5.91 Å². The Morgan fingerprint density at radius 1 is 1.30 bits per heavy atom. The number of primary amides is 1. The fraction of sp³-hybridized carbons (Fsp3) is 0.333. The molecule has 2 aromatic rings. The second-order valence-electron chi connectivity index (χ2n) is 5.34. The molecule has 1 aromatic heterocycles. The fourth-order valence-corrected chi connectivity index (χ4v) is 2.35. The predicted molar refractivity (Wildman–Crippen MR) is 82.4 cm³/mol. The van der Waals surface area contributed by atoms with Gasteiger partial charge in [-0.3, -0.25) is 9.78 Å². The molecule has 0 aliphatic carbocycles. The zero-order chi connectivity index (χ0) is 14.7. The van der Waals surface area contributed by atoms with Gasteiger partial charge in [-0.15, -0.1) is 0 Å². The predicted octanol–water partition coefficient (Wildman–Crippen LogP) is 1.76. The van der Waals surface area contributed by atoms with Crippen LogP contribution >= 0.6 is 0 Å². The van der Waals surface area contributed by atoms with Gasteiger partial charge in [-0.05, 0) is 24.1 Å². The molecule has 106 valence electrons. The normalized spacial score (nSPS) is 10.9. The van der Waals surface area contributed by atoms with Crippen LogP contribution in [0.1, 0.15) is 13.8 Å². The summed E-state index contributed by atoms with van der Waals surface area (Å²) in [4.78, 5) is 17.4. The number of carbonyl (C=O) groups excluding carboxylic acids is 1. The van der Waals surface area contributed by atoms with Crippen LogP contribution in [0, 0.1) is 5.92 Å². The molecule has 1 amide bonds. The van der Waals surface area contributed by atoms with Gasteiger partial charge in [0.25, 0.3) is 0 Å². The molecule has 0 spiro atoms. The lowest BCUT2D eigenvalue weighted by Crippen LogP contribution is -2.36. The van der Waals surface area contributed by atoms with E-state index < -0.39 is 0 Å².